The van der Waals surface area contributed by atoms with Crippen molar-refractivity contribution in [2.75, 3.05) is 19.0 Å². The molecule has 1 fully saturated rings. The van der Waals surface area contributed by atoms with Crippen molar-refractivity contribution in [3.63, 3.8) is 0 Å². The Morgan fingerprint density at radius 2 is 2.12 bits per heavy atom. The molecule has 0 radical (unpaired) electrons. The SMILES string of the molecule is COc1cc(NC2(CO)CCCC2)nc(C)n1. The van der Waals surface area contributed by atoms with Gasteiger partial charge >= 0.3 is 0 Å². The Bertz CT molecular complexity index is 389. The summed E-state index contributed by atoms with van der Waals surface area (Å²) in [5, 5.41) is 12.9. The van der Waals surface area contributed by atoms with Gasteiger partial charge in [0.05, 0.1) is 19.3 Å². The zero-order valence-corrected chi connectivity index (χ0v) is 10.4. The number of hydrogen-bond acceptors (Lipinski definition) is 5. The zero-order chi connectivity index (χ0) is 12.3. The van der Waals surface area contributed by atoms with Gasteiger partial charge in [-0.15, -0.1) is 0 Å². The summed E-state index contributed by atoms with van der Waals surface area (Å²) in [6.45, 7) is 1.96. The van der Waals surface area contributed by atoms with Crippen LogP contribution in [0.2, 0.25) is 0 Å². The van der Waals surface area contributed by atoms with E-state index in [2.05, 4.69) is 15.3 Å². The fraction of sp³-hybridized carbons (Fsp3) is 0.667. The number of aromatic nitrogens is 2. The molecule has 0 aromatic carbocycles. The standard InChI is InChI=1S/C12H19N3O2/c1-9-13-10(7-11(14-9)17-2)15-12(8-16)5-3-4-6-12/h7,16H,3-6,8H2,1-2H3,(H,13,14,15). The summed E-state index contributed by atoms with van der Waals surface area (Å²) in [6.07, 6.45) is 4.26. The van der Waals surface area contributed by atoms with Crippen LogP contribution in [0.25, 0.3) is 0 Å². The lowest BCUT2D eigenvalue weighted by molar-refractivity contribution is 0.213. The summed E-state index contributed by atoms with van der Waals surface area (Å²) >= 11 is 0. The zero-order valence-electron chi connectivity index (χ0n) is 10.4. The lowest BCUT2D eigenvalue weighted by Crippen LogP contribution is -2.39. The third kappa shape index (κ3) is 2.66. The highest BCUT2D eigenvalue weighted by molar-refractivity contribution is 5.41. The highest BCUT2D eigenvalue weighted by Crippen LogP contribution is 2.32. The minimum Gasteiger partial charge on any atom is -0.481 e. The first kappa shape index (κ1) is 12.1. The summed E-state index contributed by atoms with van der Waals surface area (Å²) in [4.78, 5) is 8.46. The van der Waals surface area contributed by atoms with Crippen molar-refractivity contribution in [2.45, 2.75) is 38.1 Å². The van der Waals surface area contributed by atoms with E-state index in [4.69, 9.17) is 4.74 Å². The second-order valence-electron chi connectivity index (χ2n) is 4.61. The van der Waals surface area contributed by atoms with Gasteiger partial charge in [0, 0.05) is 6.07 Å². The van der Waals surface area contributed by atoms with Crippen molar-refractivity contribution < 1.29 is 9.84 Å². The molecular weight excluding hydrogens is 218 g/mol. The van der Waals surface area contributed by atoms with Gasteiger partial charge in [0.25, 0.3) is 0 Å². The molecule has 2 N–H and O–H groups in total. The monoisotopic (exact) mass is 237 g/mol. The molecule has 1 aliphatic carbocycles. The predicted octanol–water partition coefficient (Wildman–Crippen LogP) is 1.51. The number of methoxy groups -OCH3 is 1. The number of ether oxygens (including phenoxy) is 1. The van der Waals surface area contributed by atoms with Crippen LogP contribution in [-0.4, -0.2) is 34.3 Å². The second-order valence-corrected chi connectivity index (χ2v) is 4.61. The second kappa shape index (κ2) is 4.87. The molecule has 1 aliphatic rings. The Morgan fingerprint density at radius 1 is 1.41 bits per heavy atom. The quantitative estimate of drug-likeness (QED) is 0.831. The molecule has 1 heterocycles. The summed E-state index contributed by atoms with van der Waals surface area (Å²) in [5.74, 6) is 1.94. The maximum absolute atomic E-state index is 9.54. The first-order valence-electron chi connectivity index (χ1n) is 5.96. The number of hydrogen-bond donors (Lipinski definition) is 2. The minimum atomic E-state index is -0.216. The number of nitrogens with one attached hydrogen (secondary N) is 1. The Labute approximate surface area is 101 Å². The number of aliphatic hydroxyl groups excluding tert-OH is 1. The van der Waals surface area contributed by atoms with Gasteiger partial charge in [-0.25, -0.2) is 4.98 Å². The molecule has 0 aliphatic heterocycles. The molecular formula is C12H19N3O2. The third-order valence-electron chi connectivity index (χ3n) is 3.28. The highest BCUT2D eigenvalue weighted by atomic mass is 16.5. The van der Waals surface area contributed by atoms with Gasteiger partial charge in [0.2, 0.25) is 5.88 Å². The van der Waals surface area contributed by atoms with E-state index in [1.807, 2.05) is 6.92 Å². The highest BCUT2D eigenvalue weighted by Gasteiger charge is 2.33. The molecule has 1 aromatic rings. The molecule has 5 nitrogen and oxygen atoms in total. The topological polar surface area (TPSA) is 67.3 Å². The lowest BCUT2D eigenvalue weighted by Gasteiger charge is -2.28. The van der Waals surface area contributed by atoms with Gasteiger partial charge in [-0.05, 0) is 19.8 Å². The maximum Gasteiger partial charge on any atom is 0.218 e. The lowest BCUT2D eigenvalue weighted by atomic mass is 9.99. The van der Waals surface area contributed by atoms with E-state index < -0.39 is 0 Å². The van der Waals surface area contributed by atoms with E-state index in [1.54, 1.807) is 13.2 Å². The minimum absolute atomic E-state index is 0.137. The van der Waals surface area contributed by atoms with Crippen LogP contribution in [0.4, 0.5) is 5.82 Å². The molecule has 94 valence electrons. The van der Waals surface area contributed by atoms with Crippen molar-refractivity contribution in [3.8, 4) is 5.88 Å². The summed E-state index contributed by atoms with van der Waals surface area (Å²) in [6, 6.07) is 1.77. The third-order valence-corrected chi connectivity index (χ3v) is 3.28. The summed E-state index contributed by atoms with van der Waals surface area (Å²) < 4.78 is 5.11. The van der Waals surface area contributed by atoms with E-state index in [0.717, 1.165) is 31.5 Å². The maximum atomic E-state index is 9.54. The van der Waals surface area contributed by atoms with Gasteiger partial charge in [0.15, 0.2) is 0 Å². The van der Waals surface area contributed by atoms with Gasteiger partial charge in [-0.1, -0.05) is 12.8 Å². The van der Waals surface area contributed by atoms with Crippen molar-refractivity contribution in [1.29, 1.82) is 0 Å². The molecule has 0 amide bonds. The van der Waals surface area contributed by atoms with E-state index in [9.17, 15) is 5.11 Å². The Morgan fingerprint density at radius 3 is 2.71 bits per heavy atom. The van der Waals surface area contributed by atoms with Crippen LogP contribution >= 0.6 is 0 Å². The summed E-state index contributed by atoms with van der Waals surface area (Å²) in [7, 11) is 1.59. The number of aryl methyl sites for hydroxylation is 1. The average molecular weight is 237 g/mol. The molecule has 1 aromatic heterocycles. The van der Waals surface area contributed by atoms with E-state index in [-0.39, 0.29) is 12.1 Å². The first-order valence-corrected chi connectivity index (χ1v) is 5.96. The largest absolute Gasteiger partial charge is 0.481 e. The van der Waals surface area contributed by atoms with E-state index in [1.165, 1.54) is 0 Å². The Balaban J connectivity index is 2.19. The molecule has 0 unspecified atom stereocenters. The molecule has 0 atom stereocenters. The number of rotatable bonds is 4. The average Bonchev–Trinajstić information content (AvgIpc) is 2.77. The van der Waals surface area contributed by atoms with Gasteiger partial charge in [-0.2, -0.15) is 4.98 Å². The fourth-order valence-corrected chi connectivity index (χ4v) is 2.36. The molecule has 2 rings (SSSR count). The molecule has 17 heavy (non-hydrogen) atoms. The van der Waals surface area contributed by atoms with Crippen LogP contribution in [-0.2, 0) is 0 Å². The van der Waals surface area contributed by atoms with Gasteiger partial charge in [-0.3, -0.25) is 0 Å². The molecule has 5 heteroatoms. The summed E-state index contributed by atoms with van der Waals surface area (Å²) in [5.41, 5.74) is -0.216. The van der Waals surface area contributed by atoms with Crippen molar-refractivity contribution in [3.05, 3.63) is 11.9 Å². The smallest absolute Gasteiger partial charge is 0.218 e. The number of nitrogens with zero attached hydrogens (tertiary/aromatic N) is 2. The fourth-order valence-electron chi connectivity index (χ4n) is 2.36. The molecule has 0 saturated heterocycles. The first-order chi connectivity index (χ1) is 8.17. The van der Waals surface area contributed by atoms with Crippen LogP contribution in [0.1, 0.15) is 31.5 Å². The normalized spacial score (nSPS) is 18.1. The van der Waals surface area contributed by atoms with Gasteiger partial charge in [0.1, 0.15) is 11.6 Å². The number of anilines is 1. The van der Waals surface area contributed by atoms with Crippen molar-refractivity contribution in [2.24, 2.45) is 0 Å². The van der Waals surface area contributed by atoms with Crippen LogP contribution in [0, 0.1) is 6.92 Å². The van der Waals surface area contributed by atoms with Crippen molar-refractivity contribution in [1.82, 2.24) is 9.97 Å². The van der Waals surface area contributed by atoms with E-state index >= 15 is 0 Å². The molecule has 0 spiro atoms. The van der Waals surface area contributed by atoms with Crippen LogP contribution in [0.5, 0.6) is 5.88 Å². The van der Waals surface area contributed by atoms with Crippen LogP contribution in [0.15, 0.2) is 6.07 Å². The van der Waals surface area contributed by atoms with Crippen LogP contribution < -0.4 is 10.1 Å². The number of aliphatic hydroxyl groups is 1. The molecule has 1 saturated carbocycles. The molecule has 0 bridgehead atoms. The van der Waals surface area contributed by atoms with Crippen LogP contribution in [0.3, 0.4) is 0 Å². The van der Waals surface area contributed by atoms with Crippen molar-refractivity contribution >= 4 is 5.82 Å². The van der Waals surface area contributed by atoms with Gasteiger partial charge < -0.3 is 15.2 Å². The predicted molar refractivity (Wildman–Crippen MR) is 65.2 cm³/mol. The Kier molecular flexibility index (Phi) is 3.47. The van der Waals surface area contributed by atoms with E-state index in [0.29, 0.717) is 11.7 Å². The Hall–Kier alpha value is -1.36.